The fraction of sp³-hybridized carbons (Fsp3) is 0.522. The molecule has 0 aliphatic rings. The van der Waals surface area contributed by atoms with Gasteiger partial charge in [-0.15, -0.1) is 0 Å². The molecule has 0 spiro atoms. The normalized spacial score (nSPS) is 10.8. The van der Waals surface area contributed by atoms with Gasteiger partial charge >= 0.3 is 11.9 Å². The van der Waals surface area contributed by atoms with Gasteiger partial charge in [0.2, 0.25) is 5.75 Å². The van der Waals surface area contributed by atoms with Gasteiger partial charge in [-0.05, 0) is 55.0 Å². The van der Waals surface area contributed by atoms with Crippen LogP contribution in [0, 0.1) is 11.8 Å². The van der Waals surface area contributed by atoms with Gasteiger partial charge in [0.25, 0.3) is 5.91 Å². The van der Waals surface area contributed by atoms with Crippen LogP contribution in [0.2, 0.25) is 0 Å². The summed E-state index contributed by atoms with van der Waals surface area (Å²) >= 11 is 0. The average Bonchev–Trinajstić information content (AvgIpc) is 3.32. The van der Waals surface area contributed by atoms with Gasteiger partial charge in [0, 0.05) is 44.6 Å². The molecule has 1 amide bonds. The van der Waals surface area contributed by atoms with Crippen LogP contribution in [-0.4, -0.2) is 186 Å². The summed E-state index contributed by atoms with van der Waals surface area (Å²) in [7, 11) is 4.81. The van der Waals surface area contributed by atoms with Crippen molar-refractivity contribution in [1.29, 1.82) is 0 Å². The lowest BCUT2D eigenvalue weighted by Crippen LogP contribution is -2.26. The predicted octanol–water partition coefficient (Wildman–Crippen LogP) is 3.25. The van der Waals surface area contributed by atoms with E-state index >= 15 is 0 Å². The molecular formula is C46H62N2O18. The molecule has 66 heavy (non-hydrogen) atoms. The highest BCUT2D eigenvalue weighted by atomic mass is 16.6. The molecule has 0 saturated heterocycles. The molecule has 0 unspecified atom stereocenters. The third-order valence-electron chi connectivity index (χ3n) is 8.48. The number of pyridine rings is 1. The summed E-state index contributed by atoms with van der Waals surface area (Å²) in [5.41, 5.74) is 0.202. The second-order valence-corrected chi connectivity index (χ2v) is 13.5. The molecule has 0 aliphatic heterocycles. The van der Waals surface area contributed by atoms with Crippen molar-refractivity contribution in [3.05, 3.63) is 76.6 Å². The molecule has 2 aromatic carbocycles. The molecule has 20 nitrogen and oxygen atoms in total. The van der Waals surface area contributed by atoms with Gasteiger partial charge in [-0.25, -0.2) is 14.6 Å². The number of aromatic nitrogens is 1. The first-order chi connectivity index (χ1) is 32.2. The van der Waals surface area contributed by atoms with Crippen molar-refractivity contribution in [1.82, 2.24) is 10.3 Å². The van der Waals surface area contributed by atoms with E-state index in [1.807, 2.05) is 0 Å². The minimum atomic E-state index is -1.36. The molecule has 0 saturated carbocycles. The van der Waals surface area contributed by atoms with Crippen LogP contribution in [0.25, 0.3) is 0 Å². The van der Waals surface area contributed by atoms with Crippen molar-refractivity contribution in [3.8, 4) is 34.8 Å². The number of ether oxygens (including phenoxy) is 13. The first kappa shape index (κ1) is 54.7. The lowest BCUT2D eigenvalue weighted by atomic mass is 10.1. The standard InChI is InChI=1S/C46H62N2O18/c1-54-13-16-57-19-22-60-25-28-64-41-33-37(34-42(65-29-26-61-23-20-58-17-14-55-2)43(41)66-30-27-62-24-21-59-18-15-56-3)44(49)47-11-4-12-63-38-9-7-35(8-10-38)5-6-36-31-39(45(50)51)48-40(32-36)46(52)53/h7-10,31-34H,4,11-30H2,1-3H3,(H,47,49)(H,50,51)(H,52,53). The molecule has 3 N–H and O–H groups in total. The summed E-state index contributed by atoms with van der Waals surface area (Å²) in [6.07, 6.45) is 0.470. The van der Waals surface area contributed by atoms with Gasteiger partial charge in [0.1, 0.15) is 37.0 Å². The minimum Gasteiger partial charge on any atom is -0.494 e. The Morgan fingerprint density at radius 1 is 0.500 bits per heavy atom. The monoisotopic (exact) mass is 930 g/mol. The Labute approximate surface area is 384 Å². The number of carboxylic acids is 2. The second kappa shape index (κ2) is 34.7. The third-order valence-corrected chi connectivity index (χ3v) is 8.48. The maximum atomic E-state index is 13.6. The van der Waals surface area contributed by atoms with E-state index in [4.69, 9.17) is 61.6 Å². The zero-order valence-electron chi connectivity index (χ0n) is 37.8. The van der Waals surface area contributed by atoms with Gasteiger partial charge in [-0.3, -0.25) is 4.79 Å². The lowest BCUT2D eigenvalue weighted by molar-refractivity contribution is 0.0146. The first-order valence-electron chi connectivity index (χ1n) is 21.3. The molecule has 364 valence electrons. The topological polar surface area (TPSA) is 237 Å². The van der Waals surface area contributed by atoms with E-state index < -0.39 is 23.3 Å². The number of amides is 1. The third kappa shape index (κ3) is 23.5. The fourth-order valence-electron chi connectivity index (χ4n) is 5.25. The van der Waals surface area contributed by atoms with Gasteiger partial charge in [-0.1, -0.05) is 11.8 Å². The number of rotatable bonds is 38. The molecule has 0 atom stereocenters. The number of carboxylic acid groups (broad SMARTS) is 2. The SMILES string of the molecule is COCCOCCOCCOc1cc(C(=O)NCCCOc2ccc(C#Cc3cc(C(=O)O)nc(C(=O)O)c3)cc2)cc(OCCOCCOCCOC)c1OCCOCCOCCOC. The fourth-order valence-corrected chi connectivity index (χ4v) is 5.25. The van der Waals surface area contributed by atoms with Crippen LogP contribution in [0.1, 0.15) is 48.9 Å². The highest BCUT2D eigenvalue weighted by Gasteiger charge is 2.20. The Morgan fingerprint density at radius 2 is 0.909 bits per heavy atom. The predicted molar refractivity (Wildman–Crippen MR) is 236 cm³/mol. The minimum absolute atomic E-state index is 0.136. The largest absolute Gasteiger partial charge is 0.494 e. The number of methoxy groups -OCH3 is 3. The van der Waals surface area contributed by atoms with Crippen LogP contribution >= 0.6 is 0 Å². The molecule has 0 fully saturated rings. The highest BCUT2D eigenvalue weighted by Crippen LogP contribution is 2.39. The summed E-state index contributed by atoms with van der Waals surface area (Å²) < 4.78 is 72.6. The maximum Gasteiger partial charge on any atom is 0.354 e. The molecular weight excluding hydrogens is 869 g/mol. The number of carbonyl (C=O) groups excluding carboxylic acids is 1. The Bertz CT molecular complexity index is 1830. The molecule has 3 aromatic rings. The Morgan fingerprint density at radius 3 is 1.35 bits per heavy atom. The number of hydrogen-bond donors (Lipinski definition) is 3. The van der Waals surface area contributed by atoms with Crippen molar-refractivity contribution in [2.24, 2.45) is 0 Å². The van der Waals surface area contributed by atoms with Crippen molar-refractivity contribution >= 4 is 17.8 Å². The van der Waals surface area contributed by atoms with Gasteiger partial charge in [0.15, 0.2) is 11.5 Å². The number of benzene rings is 2. The van der Waals surface area contributed by atoms with E-state index in [1.165, 1.54) is 12.1 Å². The average molecular weight is 931 g/mol. The second-order valence-electron chi connectivity index (χ2n) is 13.5. The van der Waals surface area contributed by atoms with Gasteiger partial charge < -0.3 is 77.1 Å². The summed E-state index contributed by atoms with van der Waals surface area (Å²) in [5, 5.41) is 21.4. The molecule has 20 heteroatoms. The van der Waals surface area contributed by atoms with Gasteiger partial charge in [0.05, 0.1) is 106 Å². The van der Waals surface area contributed by atoms with E-state index in [0.29, 0.717) is 97.0 Å². The highest BCUT2D eigenvalue weighted by molar-refractivity contribution is 5.95. The van der Waals surface area contributed by atoms with Crippen LogP contribution in [0.15, 0.2) is 48.5 Å². The smallest absolute Gasteiger partial charge is 0.354 e. The number of hydrogen-bond acceptors (Lipinski definition) is 17. The quantitative estimate of drug-likeness (QED) is 0.0552. The van der Waals surface area contributed by atoms with Crippen molar-refractivity contribution < 1.29 is 86.2 Å². The summed E-state index contributed by atoms with van der Waals surface area (Å²) in [5.74, 6) is 3.91. The van der Waals surface area contributed by atoms with Crippen molar-refractivity contribution in [2.45, 2.75) is 6.42 Å². The molecule has 0 aliphatic carbocycles. The number of aromatic carboxylic acids is 2. The summed E-state index contributed by atoms with van der Waals surface area (Å²) in [6.45, 7) is 6.78. The molecule has 0 bridgehead atoms. The van der Waals surface area contributed by atoms with Crippen LogP contribution in [0.5, 0.6) is 23.0 Å². The molecule has 1 heterocycles. The lowest BCUT2D eigenvalue weighted by Gasteiger charge is -2.19. The zero-order valence-corrected chi connectivity index (χ0v) is 37.8. The van der Waals surface area contributed by atoms with E-state index in [-0.39, 0.29) is 87.1 Å². The summed E-state index contributed by atoms with van der Waals surface area (Å²) in [6, 6.07) is 12.4. The van der Waals surface area contributed by atoms with Crippen LogP contribution in [0.4, 0.5) is 0 Å². The Kier molecular flexibility index (Phi) is 28.8. The van der Waals surface area contributed by atoms with E-state index in [1.54, 1.807) is 57.7 Å². The Hall–Kier alpha value is -5.60. The molecule has 1 aromatic heterocycles. The zero-order chi connectivity index (χ0) is 47.5. The van der Waals surface area contributed by atoms with Gasteiger partial charge in [-0.2, -0.15) is 0 Å². The van der Waals surface area contributed by atoms with Crippen molar-refractivity contribution in [3.63, 3.8) is 0 Å². The van der Waals surface area contributed by atoms with Crippen LogP contribution in [0.3, 0.4) is 0 Å². The number of nitrogens with zero attached hydrogens (tertiary/aromatic N) is 1. The summed E-state index contributed by atoms with van der Waals surface area (Å²) in [4.78, 5) is 39.9. The van der Waals surface area contributed by atoms with Crippen LogP contribution in [-0.2, 0) is 42.6 Å². The number of carbonyl (C=O) groups is 3. The van der Waals surface area contributed by atoms with E-state index in [9.17, 15) is 24.6 Å². The number of nitrogens with one attached hydrogen (secondary N) is 1. The molecule has 3 rings (SSSR count). The van der Waals surface area contributed by atoms with E-state index in [0.717, 1.165) is 0 Å². The molecule has 0 radical (unpaired) electrons. The maximum absolute atomic E-state index is 13.6. The van der Waals surface area contributed by atoms with E-state index in [2.05, 4.69) is 22.1 Å². The van der Waals surface area contributed by atoms with Crippen LogP contribution < -0.4 is 24.3 Å². The Balaban J connectivity index is 1.63. The first-order valence-corrected chi connectivity index (χ1v) is 21.3. The van der Waals surface area contributed by atoms with Crippen molar-refractivity contribution in [2.75, 3.05) is 153 Å².